The Hall–Kier alpha value is 0.540. The van der Waals surface area contributed by atoms with E-state index in [1.54, 1.807) is 0 Å². The molecular formula is C21H42O4S2. The normalized spacial score (nSPS) is 20.3. The highest BCUT2D eigenvalue weighted by atomic mass is 32.2. The van der Waals surface area contributed by atoms with Gasteiger partial charge in [-0.05, 0) is 62.9 Å². The third kappa shape index (κ3) is 11.3. The van der Waals surface area contributed by atoms with Gasteiger partial charge in [-0.1, -0.05) is 13.3 Å². The summed E-state index contributed by atoms with van der Waals surface area (Å²) in [5, 5.41) is 0. The fourth-order valence-electron chi connectivity index (χ4n) is 3.66. The maximum absolute atomic E-state index is 5.79. The molecule has 27 heavy (non-hydrogen) atoms. The molecule has 4 nitrogen and oxygen atoms in total. The van der Waals surface area contributed by atoms with Crippen LogP contribution >= 0.6 is 23.5 Å². The summed E-state index contributed by atoms with van der Waals surface area (Å²) in [6.07, 6.45) is 11.0. The van der Waals surface area contributed by atoms with Gasteiger partial charge < -0.3 is 18.9 Å². The Labute approximate surface area is 176 Å². The van der Waals surface area contributed by atoms with E-state index in [2.05, 4.69) is 30.4 Å². The van der Waals surface area contributed by atoms with Crippen molar-refractivity contribution in [2.24, 2.45) is 0 Å². The molecule has 0 aromatic rings. The smallest absolute Gasteiger partial charge is 0.0620 e. The first-order valence-electron chi connectivity index (χ1n) is 10.5. The van der Waals surface area contributed by atoms with E-state index in [-0.39, 0.29) is 18.3 Å². The monoisotopic (exact) mass is 422 g/mol. The van der Waals surface area contributed by atoms with Crippen LogP contribution in [0.5, 0.6) is 0 Å². The fourth-order valence-corrected chi connectivity index (χ4v) is 6.65. The van der Waals surface area contributed by atoms with Crippen molar-refractivity contribution in [2.45, 2.75) is 93.7 Å². The second-order valence-corrected chi connectivity index (χ2v) is 10.3. The zero-order valence-electron chi connectivity index (χ0n) is 18.1. The van der Waals surface area contributed by atoms with Gasteiger partial charge in [-0.15, -0.1) is 23.5 Å². The standard InChI is InChI=1S/C21H42O4S2/c1-6-9-17(22-2)10-7-11-18(23-3)14-19(24-4)15-20(25-5)16-21-26-12-8-13-27-21/h17-21H,6-16H2,1-5H3/t17-,18-,19-,20-/m1/s1. The van der Waals surface area contributed by atoms with E-state index in [9.17, 15) is 0 Å². The molecule has 6 heteroatoms. The van der Waals surface area contributed by atoms with Crippen molar-refractivity contribution in [1.82, 2.24) is 0 Å². The van der Waals surface area contributed by atoms with Crippen LogP contribution in [0.2, 0.25) is 0 Å². The van der Waals surface area contributed by atoms with Crippen molar-refractivity contribution >= 4 is 23.5 Å². The van der Waals surface area contributed by atoms with Crippen molar-refractivity contribution in [3.8, 4) is 0 Å². The maximum Gasteiger partial charge on any atom is 0.0620 e. The van der Waals surface area contributed by atoms with Gasteiger partial charge in [0, 0.05) is 28.4 Å². The molecule has 0 spiro atoms. The topological polar surface area (TPSA) is 36.9 Å². The van der Waals surface area contributed by atoms with Gasteiger partial charge in [0.05, 0.1) is 29.0 Å². The molecular weight excluding hydrogens is 380 g/mol. The molecule has 0 aromatic carbocycles. The summed E-state index contributed by atoms with van der Waals surface area (Å²) in [5.41, 5.74) is 0. The minimum Gasteiger partial charge on any atom is -0.381 e. The van der Waals surface area contributed by atoms with Gasteiger partial charge in [0.25, 0.3) is 0 Å². The highest BCUT2D eigenvalue weighted by Crippen LogP contribution is 2.35. The van der Waals surface area contributed by atoms with E-state index in [4.69, 9.17) is 18.9 Å². The van der Waals surface area contributed by atoms with Gasteiger partial charge in [0.1, 0.15) is 0 Å². The van der Waals surface area contributed by atoms with Gasteiger partial charge in [0.15, 0.2) is 0 Å². The van der Waals surface area contributed by atoms with Crippen LogP contribution in [0, 0.1) is 0 Å². The minimum absolute atomic E-state index is 0.187. The number of methoxy groups -OCH3 is 4. The van der Waals surface area contributed by atoms with Crippen LogP contribution in [0.1, 0.15) is 64.7 Å². The number of rotatable bonds is 16. The molecule has 0 saturated carbocycles. The van der Waals surface area contributed by atoms with Crippen LogP contribution in [0.3, 0.4) is 0 Å². The third-order valence-corrected chi connectivity index (χ3v) is 8.39. The average molecular weight is 423 g/mol. The van der Waals surface area contributed by atoms with Gasteiger partial charge in [-0.2, -0.15) is 0 Å². The van der Waals surface area contributed by atoms with Gasteiger partial charge >= 0.3 is 0 Å². The predicted octanol–water partition coefficient (Wildman–Crippen LogP) is 5.38. The molecule has 0 aromatic heterocycles. The van der Waals surface area contributed by atoms with Crippen LogP contribution in [0.25, 0.3) is 0 Å². The molecule has 162 valence electrons. The molecule has 1 heterocycles. The molecule has 4 atom stereocenters. The lowest BCUT2D eigenvalue weighted by atomic mass is 9.99. The Bertz CT molecular complexity index is 340. The van der Waals surface area contributed by atoms with Crippen LogP contribution in [0.15, 0.2) is 0 Å². The molecule has 1 rings (SSSR count). The highest BCUT2D eigenvalue weighted by Gasteiger charge is 2.24. The molecule has 0 bridgehead atoms. The summed E-state index contributed by atoms with van der Waals surface area (Å²) in [7, 11) is 7.29. The molecule has 0 amide bonds. The first-order valence-corrected chi connectivity index (χ1v) is 12.6. The Balaban J connectivity index is 2.38. The summed E-state index contributed by atoms with van der Waals surface area (Å²) in [5.74, 6) is 2.57. The summed E-state index contributed by atoms with van der Waals surface area (Å²) in [4.78, 5) is 0. The fraction of sp³-hybridized carbons (Fsp3) is 1.00. The second-order valence-electron chi connectivity index (χ2n) is 7.38. The highest BCUT2D eigenvalue weighted by molar-refractivity contribution is 8.17. The van der Waals surface area contributed by atoms with Gasteiger partial charge in [-0.3, -0.25) is 0 Å². The van der Waals surface area contributed by atoms with Crippen LogP contribution in [-0.2, 0) is 18.9 Å². The number of hydrogen-bond donors (Lipinski definition) is 0. The lowest BCUT2D eigenvalue weighted by molar-refractivity contribution is -0.0172. The Kier molecular flexibility index (Phi) is 15.5. The van der Waals surface area contributed by atoms with E-state index < -0.39 is 0 Å². The molecule has 0 radical (unpaired) electrons. The third-order valence-electron chi connectivity index (χ3n) is 5.40. The molecule has 1 saturated heterocycles. The summed E-state index contributed by atoms with van der Waals surface area (Å²) in [6, 6.07) is 0. The Morgan fingerprint density at radius 1 is 0.741 bits per heavy atom. The van der Waals surface area contributed by atoms with Crippen molar-refractivity contribution in [1.29, 1.82) is 0 Å². The SMILES string of the molecule is CCC[C@H](CCC[C@H](C[C@H](C[C@H](CC1SCCCS1)OC)OC)OC)OC. The van der Waals surface area contributed by atoms with Crippen molar-refractivity contribution in [3.63, 3.8) is 0 Å². The summed E-state index contributed by atoms with van der Waals surface area (Å²) < 4.78 is 23.6. The Morgan fingerprint density at radius 3 is 1.85 bits per heavy atom. The average Bonchev–Trinajstić information content (AvgIpc) is 2.71. The van der Waals surface area contributed by atoms with Crippen LogP contribution < -0.4 is 0 Å². The van der Waals surface area contributed by atoms with E-state index in [0.717, 1.165) is 44.9 Å². The van der Waals surface area contributed by atoms with E-state index in [1.165, 1.54) is 24.3 Å². The molecule has 0 aliphatic carbocycles. The maximum atomic E-state index is 5.79. The second kappa shape index (κ2) is 16.3. The first-order chi connectivity index (χ1) is 13.2. The van der Waals surface area contributed by atoms with Gasteiger partial charge in [-0.25, -0.2) is 0 Å². The van der Waals surface area contributed by atoms with Crippen molar-refractivity contribution in [3.05, 3.63) is 0 Å². The molecule has 0 N–H and O–H groups in total. The lowest BCUT2D eigenvalue weighted by Crippen LogP contribution is -2.28. The minimum atomic E-state index is 0.187. The lowest BCUT2D eigenvalue weighted by Gasteiger charge is -2.28. The first kappa shape index (κ1) is 25.6. The van der Waals surface area contributed by atoms with E-state index in [0.29, 0.717) is 10.7 Å². The molecule has 0 unspecified atom stereocenters. The zero-order valence-corrected chi connectivity index (χ0v) is 19.7. The largest absolute Gasteiger partial charge is 0.381 e. The van der Waals surface area contributed by atoms with Crippen molar-refractivity contribution < 1.29 is 18.9 Å². The zero-order chi connectivity index (χ0) is 19.9. The quantitative estimate of drug-likeness (QED) is 0.332. The summed E-state index contributed by atoms with van der Waals surface area (Å²) >= 11 is 4.17. The van der Waals surface area contributed by atoms with Crippen LogP contribution in [-0.4, -0.2) is 68.9 Å². The van der Waals surface area contributed by atoms with Gasteiger partial charge in [0.2, 0.25) is 0 Å². The van der Waals surface area contributed by atoms with E-state index in [1.807, 2.05) is 28.4 Å². The number of hydrogen-bond acceptors (Lipinski definition) is 6. The van der Waals surface area contributed by atoms with E-state index >= 15 is 0 Å². The predicted molar refractivity (Wildman–Crippen MR) is 119 cm³/mol. The molecule has 1 aliphatic heterocycles. The number of ether oxygens (including phenoxy) is 4. The molecule has 1 aliphatic rings. The summed E-state index contributed by atoms with van der Waals surface area (Å²) in [6.45, 7) is 2.21. The van der Waals surface area contributed by atoms with Crippen molar-refractivity contribution in [2.75, 3.05) is 39.9 Å². The Morgan fingerprint density at radius 2 is 1.30 bits per heavy atom. The molecule has 1 fully saturated rings. The number of thioether (sulfide) groups is 2. The van der Waals surface area contributed by atoms with Crippen LogP contribution in [0.4, 0.5) is 0 Å².